The molecule has 0 aromatic carbocycles. The van der Waals surface area contributed by atoms with Gasteiger partial charge in [-0.25, -0.2) is 8.42 Å². The minimum absolute atomic E-state index is 0.0956. The molecule has 6 nitrogen and oxygen atoms in total. The predicted octanol–water partition coefficient (Wildman–Crippen LogP) is -1.19. The van der Waals surface area contributed by atoms with Crippen molar-refractivity contribution in [3.63, 3.8) is 0 Å². The summed E-state index contributed by atoms with van der Waals surface area (Å²) in [6, 6.07) is 0. The zero-order chi connectivity index (χ0) is 12.6. The summed E-state index contributed by atoms with van der Waals surface area (Å²) in [4.78, 5) is 11.5. The van der Waals surface area contributed by atoms with Crippen molar-refractivity contribution < 1.29 is 13.2 Å². The van der Waals surface area contributed by atoms with Crippen LogP contribution in [0.15, 0.2) is 0 Å². The molecule has 8 heteroatoms. The van der Waals surface area contributed by atoms with Crippen LogP contribution in [0.1, 0.15) is 13.8 Å². The Balaban J connectivity index is 3.03. The van der Waals surface area contributed by atoms with Crippen molar-refractivity contribution in [1.29, 1.82) is 0 Å². The topological polar surface area (TPSA) is 92.5 Å². The van der Waals surface area contributed by atoms with E-state index in [1.165, 1.54) is 0 Å². The van der Waals surface area contributed by atoms with Crippen LogP contribution in [-0.2, 0) is 14.8 Å². The summed E-state index contributed by atoms with van der Waals surface area (Å²) in [7, 11) is -3.62. The van der Waals surface area contributed by atoms with Gasteiger partial charge >= 0.3 is 0 Å². The molecule has 1 aliphatic heterocycles. The average Bonchev–Trinajstić information content (AvgIpc) is 2.06. The zero-order valence-corrected chi connectivity index (χ0v) is 10.8. The molecule has 0 unspecified atom stereocenters. The fourth-order valence-corrected chi connectivity index (χ4v) is 3.73. The lowest BCUT2D eigenvalue weighted by Gasteiger charge is -2.39. The van der Waals surface area contributed by atoms with Gasteiger partial charge in [-0.1, -0.05) is 12.2 Å². The van der Waals surface area contributed by atoms with E-state index in [-0.39, 0.29) is 17.4 Å². The maximum Gasteiger partial charge on any atom is 0.241 e. The molecule has 1 amide bonds. The Kier molecular flexibility index (Phi) is 3.56. The standard InChI is InChI=1S/C8H15N3O3S2/c1-8(2)7(12)10-3-4-11(8)16(13,14)5-6(9)15/h3-5H2,1-2H3,(H2,9,15)(H,10,12). The summed E-state index contributed by atoms with van der Waals surface area (Å²) in [5.41, 5.74) is 4.14. The van der Waals surface area contributed by atoms with E-state index >= 15 is 0 Å². The summed E-state index contributed by atoms with van der Waals surface area (Å²) in [5, 5.41) is 2.62. The first-order valence-corrected chi connectivity index (χ1v) is 6.77. The molecule has 1 fully saturated rings. The lowest BCUT2D eigenvalue weighted by atomic mass is 10.0. The van der Waals surface area contributed by atoms with Crippen molar-refractivity contribution in [3.05, 3.63) is 0 Å². The van der Waals surface area contributed by atoms with Gasteiger partial charge in [-0.3, -0.25) is 4.79 Å². The number of piperazine rings is 1. The first-order chi connectivity index (χ1) is 7.18. The van der Waals surface area contributed by atoms with E-state index in [1.807, 2.05) is 0 Å². The highest BCUT2D eigenvalue weighted by Crippen LogP contribution is 2.21. The van der Waals surface area contributed by atoms with E-state index in [2.05, 4.69) is 17.5 Å². The summed E-state index contributed by atoms with van der Waals surface area (Å²) >= 11 is 4.59. The van der Waals surface area contributed by atoms with Crippen molar-refractivity contribution in [2.45, 2.75) is 19.4 Å². The number of hydrogen-bond donors (Lipinski definition) is 2. The zero-order valence-electron chi connectivity index (χ0n) is 9.19. The molecule has 0 aromatic heterocycles. The second-order valence-corrected chi connectivity index (χ2v) is 6.53. The fourth-order valence-electron chi connectivity index (χ4n) is 1.62. The highest BCUT2D eigenvalue weighted by atomic mass is 32.2. The highest BCUT2D eigenvalue weighted by molar-refractivity contribution is 7.92. The van der Waals surface area contributed by atoms with Gasteiger partial charge in [-0.15, -0.1) is 0 Å². The van der Waals surface area contributed by atoms with Crippen molar-refractivity contribution >= 4 is 33.1 Å². The quantitative estimate of drug-likeness (QED) is 0.626. The number of thiocarbonyl (C=S) groups is 1. The van der Waals surface area contributed by atoms with Gasteiger partial charge in [-0.2, -0.15) is 4.31 Å². The Morgan fingerprint density at radius 1 is 1.62 bits per heavy atom. The third-order valence-corrected chi connectivity index (χ3v) is 4.75. The molecule has 3 N–H and O–H groups in total. The van der Waals surface area contributed by atoms with E-state index in [1.54, 1.807) is 13.8 Å². The minimum atomic E-state index is -3.62. The summed E-state index contributed by atoms with van der Waals surface area (Å²) in [6.07, 6.45) is 0. The molecule has 1 heterocycles. The molecule has 0 radical (unpaired) electrons. The second kappa shape index (κ2) is 4.27. The van der Waals surface area contributed by atoms with Crippen LogP contribution in [-0.4, -0.2) is 48.0 Å². The molecule has 0 atom stereocenters. The van der Waals surface area contributed by atoms with Crippen molar-refractivity contribution in [2.24, 2.45) is 5.73 Å². The minimum Gasteiger partial charge on any atom is -0.392 e. The van der Waals surface area contributed by atoms with Gasteiger partial charge in [0, 0.05) is 13.1 Å². The fraction of sp³-hybridized carbons (Fsp3) is 0.750. The molecule has 0 aromatic rings. The highest BCUT2D eigenvalue weighted by Gasteiger charge is 2.44. The van der Waals surface area contributed by atoms with Gasteiger partial charge in [0.1, 0.15) is 11.3 Å². The molecule has 0 bridgehead atoms. The lowest BCUT2D eigenvalue weighted by molar-refractivity contribution is -0.131. The molecule has 0 aliphatic carbocycles. The molecular weight excluding hydrogens is 250 g/mol. The van der Waals surface area contributed by atoms with Crippen LogP contribution in [0.5, 0.6) is 0 Å². The number of nitrogens with two attached hydrogens (primary N) is 1. The third-order valence-electron chi connectivity index (χ3n) is 2.44. The van der Waals surface area contributed by atoms with Gasteiger partial charge in [0.15, 0.2) is 0 Å². The normalized spacial score (nSPS) is 21.5. The summed E-state index contributed by atoms with van der Waals surface area (Å²) in [5.74, 6) is -0.718. The molecular formula is C8H15N3O3S2. The Hall–Kier alpha value is -0.730. The summed E-state index contributed by atoms with van der Waals surface area (Å²) in [6.45, 7) is 3.65. The van der Waals surface area contributed by atoms with E-state index in [0.717, 1.165) is 4.31 Å². The number of amides is 1. The maximum absolute atomic E-state index is 11.9. The van der Waals surface area contributed by atoms with Gasteiger partial charge in [0.05, 0.1) is 4.99 Å². The Labute approximate surface area is 100 Å². The van der Waals surface area contributed by atoms with Crippen LogP contribution in [0.3, 0.4) is 0 Å². The van der Waals surface area contributed by atoms with Crippen LogP contribution in [0.4, 0.5) is 0 Å². The van der Waals surface area contributed by atoms with Gasteiger partial charge in [0.2, 0.25) is 15.9 Å². The summed E-state index contributed by atoms with van der Waals surface area (Å²) < 4.78 is 25.0. The monoisotopic (exact) mass is 265 g/mol. The predicted molar refractivity (Wildman–Crippen MR) is 64.4 cm³/mol. The van der Waals surface area contributed by atoms with Crippen LogP contribution in [0.25, 0.3) is 0 Å². The van der Waals surface area contributed by atoms with Crippen LogP contribution < -0.4 is 11.1 Å². The van der Waals surface area contributed by atoms with E-state index < -0.39 is 21.3 Å². The van der Waals surface area contributed by atoms with Crippen molar-refractivity contribution in [1.82, 2.24) is 9.62 Å². The van der Waals surface area contributed by atoms with Gasteiger partial charge in [-0.05, 0) is 13.8 Å². The Morgan fingerprint density at radius 2 is 2.19 bits per heavy atom. The van der Waals surface area contributed by atoms with E-state index in [9.17, 15) is 13.2 Å². The maximum atomic E-state index is 11.9. The lowest BCUT2D eigenvalue weighted by Crippen LogP contribution is -2.64. The molecule has 16 heavy (non-hydrogen) atoms. The molecule has 92 valence electrons. The Morgan fingerprint density at radius 3 is 2.69 bits per heavy atom. The smallest absolute Gasteiger partial charge is 0.241 e. The number of carbonyl (C=O) groups excluding carboxylic acids is 1. The SMILES string of the molecule is CC1(C)C(=O)NCCN1S(=O)(=O)CC(N)=S. The van der Waals surface area contributed by atoms with E-state index in [4.69, 9.17) is 5.73 Å². The molecule has 1 aliphatic rings. The van der Waals surface area contributed by atoms with Crippen molar-refractivity contribution in [3.8, 4) is 0 Å². The van der Waals surface area contributed by atoms with Gasteiger partial charge in [0.25, 0.3) is 0 Å². The Bertz CT molecular complexity index is 416. The molecule has 1 saturated heterocycles. The molecule has 0 saturated carbocycles. The van der Waals surface area contributed by atoms with E-state index in [0.29, 0.717) is 6.54 Å². The number of hydrogen-bond acceptors (Lipinski definition) is 4. The van der Waals surface area contributed by atoms with Gasteiger partial charge < -0.3 is 11.1 Å². The first kappa shape index (κ1) is 13.3. The van der Waals surface area contributed by atoms with Crippen molar-refractivity contribution in [2.75, 3.05) is 18.8 Å². The van der Waals surface area contributed by atoms with Crippen LogP contribution in [0, 0.1) is 0 Å². The third kappa shape index (κ3) is 2.50. The first-order valence-electron chi connectivity index (χ1n) is 4.75. The molecule has 1 rings (SSSR count). The second-order valence-electron chi connectivity index (χ2n) is 4.11. The molecule has 0 spiro atoms. The van der Waals surface area contributed by atoms with Crippen LogP contribution >= 0.6 is 12.2 Å². The number of carbonyl (C=O) groups is 1. The number of nitrogens with zero attached hydrogens (tertiary/aromatic N) is 1. The number of nitrogens with one attached hydrogen (secondary N) is 1. The number of rotatable bonds is 3. The largest absolute Gasteiger partial charge is 0.392 e. The number of sulfonamides is 1. The average molecular weight is 265 g/mol. The van der Waals surface area contributed by atoms with Crippen LogP contribution in [0.2, 0.25) is 0 Å².